The second kappa shape index (κ2) is 3.68. The lowest BCUT2D eigenvalue weighted by Crippen LogP contribution is -2.39. The maximum atomic E-state index is 9.27. The van der Waals surface area contributed by atoms with Crippen molar-refractivity contribution in [3.05, 3.63) is 0 Å². The maximum absolute atomic E-state index is 9.27. The number of hydrogen-bond acceptors (Lipinski definition) is 5. The van der Waals surface area contributed by atoms with Crippen LogP contribution in [0, 0.1) is 0 Å². The molecule has 5 atom stereocenters. The first-order valence-corrected chi connectivity index (χ1v) is 3.80. The van der Waals surface area contributed by atoms with Crippen LogP contribution in [0.4, 0.5) is 0 Å². The van der Waals surface area contributed by atoms with E-state index in [4.69, 9.17) is 19.7 Å². The largest absolute Gasteiger partial charge is 0.391 e. The molecule has 1 saturated heterocycles. The van der Waals surface area contributed by atoms with Crippen LogP contribution in [0.2, 0.25) is 0 Å². The van der Waals surface area contributed by atoms with E-state index < -0.39 is 30.7 Å². The number of hydrogen-bond donors (Lipinski definition) is 3. The van der Waals surface area contributed by atoms with E-state index >= 15 is 0 Å². The second-order valence-corrected chi connectivity index (χ2v) is 2.92. The summed E-state index contributed by atoms with van der Waals surface area (Å²) in [6.07, 6.45) is -4.47. The Labute approximate surface area is 70.5 Å². The highest BCUT2D eigenvalue weighted by Crippen LogP contribution is 2.24. The van der Waals surface area contributed by atoms with Crippen molar-refractivity contribution in [1.82, 2.24) is 0 Å². The van der Waals surface area contributed by atoms with Crippen LogP contribution >= 0.6 is 0 Å². The van der Waals surface area contributed by atoms with E-state index in [1.54, 1.807) is 0 Å². The molecule has 72 valence electrons. The third kappa shape index (κ3) is 1.60. The zero-order chi connectivity index (χ0) is 9.30. The highest BCUT2D eigenvalue weighted by atomic mass is 16.7. The lowest BCUT2D eigenvalue weighted by molar-refractivity contribution is -0.143. The van der Waals surface area contributed by atoms with Gasteiger partial charge in [-0.15, -0.1) is 0 Å². The van der Waals surface area contributed by atoms with Crippen LogP contribution in [0.15, 0.2) is 0 Å². The molecule has 0 aromatic rings. The molecule has 1 fully saturated rings. The first kappa shape index (κ1) is 9.88. The first-order chi connectivity index (χ1) is 5.57. The summed E-state index contributed by atoms with van der Waals surface area (Å²) >= 11 is 0. The lowest BCUT2D eigenvalue weighted by atomic mass is 10.1. The van der Waals surface area contributed by atoms with Crippen molar-refractivity contribution in [3.8, 4) is 0 Å². The molecule has 0 spiro atoms. The van der Waals surface area contributed by atoms with E-state index in [1.165, 1.54) is 14.0 Å². The van der Waals surface area contributed by atoms with E-state index in [1.807, 2.05) is 0 Å². The first-order valence-electron chi connectivity index (χ1n) is 3.80. The van der Waals surface area contributed by atoms with Crippen molar-refractivity contribution in [2.24, 2.45) is 0 Å². The Morgan fingerprint density at radius 2 is 2.00 bits per heavy atom. The summed E-state index contributed by atoms with van der Waals surface area (Å²) in [4.78, 5) is 0. The Balaban J connectivity index is 2.65. The normalized spacial score (nSPS) is 44.8. The van der Waals surface area contributed by atoms with Gasteiger partial charge in [0.15, 0.2) is 6.29 Å². The molecule has 5 nitrogen and oxygen atoms in total. The quantitative estimate of drug-likeness (QED) is 0.477. The van der Waals surface area contributed by atoms with Gasteiger partial charge in [0.1, 0.15) is 18.3 Å². The van der Waals surface area contributed by atoms with Gasteiger partial charge in [-0.2, -0.15) is 0 Å². The summed E-state index contributed by atoms with van der Waals surface area (Å²) in [6.45, 7) is 1.52. The molecule has 12 heavy (non-hydrogen) atoms. The Morgan fingerprint density at radius 3 is 2.33 bits per heavy atom. The minimum atomic E-state index is -1.27. The molecule has 0 unspecified atom stereocenters. The topological polar surface area (TPSA) is 79.2 Å². The summed E-state index contributed by atoms with van der Waals surface area (Å²) in [5, 5.41) is 27.5. The van der Waals surface area contributed by atoms with E-state index in [2.05, 4.69) is 0 Å². The molecule has 0 aromatic heterocycles. The molecule has 1 rings (SSSR count). The molecule has 0 aromatic carbocycles. The van der Waals surface area contributed by atoms with Crippen molar-refractivity contribution in [1.29, 1.82) is 0 Å². The van der Waals surface area contributed by atoms with Gasteiger partial charge in [0.2, 0.25) is 0 Å². The Morgan fingerprint density at radius 1 is 1.42 bits per heavy atom. The van der Waals surface area contributed by atoms with Gasteiger partial charge in [-0.05, 0) is 6.92 Å². The van der Waals surface area contributed by atoms with Crippen molar-refractivity contribution >= 4 is 0 Å². The van der Waals surface area contributed by atoms with Crippen LogP contribution in [-0.2, 0) is 9.47 Å². The van der Waals surface area contributed by atoms with E-state index in [0.29, 0.717) is 0 Å². The molecule has 1 aliphatic heterocycles. The standard InChI is InChI=1S/C7H14O5/c1-3(8)5-6(11-2)4(9)7(10)12-5/h3-10H,1-2H3/t3-,4-,5+,6-,7-/m1/s1. The number of methoxy groups -OCH3 is 1. The zero-order valence-corrected chi connectivity index (χ0v) is 7.04. The van der Waals surface area contributed by atoms with Crippen LogP contribution in [-0.4, -0.2) is 53.1 Å². The summed E-state index contributed by atoms with van der Waals surface area (Å²) in [7, 11) is 1.39. The molecular weight excluding hydrogens is 164 g/mol. The van der Waals surface area contributed by atoms with Crippen molar-refractivity contribution in [3.63, 3.8) is 0 Å². The van der Waals surface area contributed by atoms with Gasteiger partial charge in [0.05, 0.1) is 6.10 Å². The summed E-state index contributed by atoms with van der Waals surface area (Å²) in [5.41, 5.74) is 0. The van der Waals surface area contributed by atoms with Crippen molar-refractivity contribution in [2.45, 2.75) is 37.6 Å². The number of aliphatic hydroxyl groups is 3. The molecule has 0 bridgehead atoms. The second-order valence-electron chi connectivity index (χ2n) is 2.92. The van der Waals surface area contributed by atoms with Crippen LogP contribution in [0.25, 0.3) is 0 Å². The number of aliphatic hydroxyl groups excluding tert-OH is 3. The molecular formula is C7H14O5. The van der Waals surface area contributed by atoms with Crippen LogP contribution in [0.1, 0.15) is 6.92 Å². The minimum absolute atomic E-state index is 0.667. The third-order valence-corrected chi connectivity index (χ3v) is 2.00. The van der Waals surface area contributed by atoms with Crippen molar-refractivity contribution in [2.75, 3.05) is 7.11 Å². The summed E-state index contributed by atoms with van der Waals surface area (Å²) in [6, 6.07) is 0. The Kier molecular flexibility index (Phi) is 3.03. The SMILES string of the molecule is CO[C@@H]1[C@@H](O)[C@H](O)O[C@H]1[C@@H](C)O. The highest BCUT2D eigenvalue weighted by molar-refractivity contribution is 4.89. The van der Waals surface area contributed by atoms with E-state index in [0.717, 1.165) is 0 Å². The highest BCUT2D eigenvalue weighted by Gasteiger charge is 2.45. The van der Waals surface area contributed by atoms with Crippen molar-refractivity contribution < 1.29 is 24.8 Å². The number of ether oxygens (including phenoxy) is 2. The average Bonchev–Trinajstić information content (AvgIpc) is 2.29. The van der Waals surface area contributed by atoms with Gasteiger partial charge in [-0.3, -0.25) is 0 Å². The minimum Gasteiger partial charge on any atom is -0.391 e. The molecule has 1 heterocycles. The zero-order valence-electron chi connectivity index (χ0n) is 7.04. The molecule has 0 amide bonds. The predicted octanol–water partition coefficient (Wildman–Crippen LogP) is -1.54. The lowest BCUT2D eigenvalue weighted by Gasteiger charge is -2.20. The molecule has 0 radical (unpaired) electrons. The van der Waals surface area contributed by atoms with Gasteiger partial charge in [0.25, 0.3) is 0 Å². The molecule has 0 aliphatic carbocycles. The predicted molar refractivity (Wildman–Crippen MR) is 39.4 cm³/mol. The van der Waals surface area contributed by atoms with Gasteiger partial charge >= 0.3 is 0 Å². The van der Waals surface area contributed by atoms with E-state index in [9.17, 15) is 5.11 Å². The smallest absolute Gasteiger partial charge is 0.184 e. The fraction of sp³-hybridized carbons (Fsp3) is 1.00. The monoisotopic (exact) mass is 178 g/mol. The third-order valence-electron chi connectivity index (χ3n) is 2.00. The Hall–Kier alpha value is -0.200. The van der Waals surface area contributed by atoms with Crippen LogP contribution < -0.4 is 0 Å². The van der Waals surface area contributed by atoms with Gasteiger partial charge < -0.3 is 24.8 Å². The summed E-state index contributed by atoms with van der Waals surface area (Å²) < 4.78 is 9.74. The molecule has 5 heteroatoms. The summed E-state index contributed by atoms with van der Waals surface area (Å²) in [5.74, 6) is 0. The van der Waals surface area contributed by atoms with E-state index in [-0.39, 0.29) is 0 Å². The fourth-order valence-electron chi connectivity index (χ4n) is 1.34. The van der Waals surface area contributed by atoms with Gasteiger partial charge in [-0.25, -0.2) is 0 Å². The molecule has 0 saturated carbocycles. The Bertz CT molecular complexity index is 149. The van der Waals surface area contributed by atoms with Gasteiger partial charge in [-0.1, -0.05) is 0 Å². The maximum Gasteiger partial charge on any atom is 0.184 e. The van der Waals surface area contributed by atoms with Crippen LogP contribution in [0.3, 0.4) is 0 Å². The average molecular weight is 178 g/mol. The number of rotatable bonds is 2. The fourth-order valence-corrected chi connectivity index (χ4v) is 1.34. The van der Waals surface area contributed by atoms with Gasteiger partial charge in [0, 0.05) is 7.11 Å². The van der Waals surface area contributed by atoms with Crippen LogP contribution in [0.5, 0.6) is 0 Å². The molecule has 1 aliphatic rings. The molecule has 3 N–H and O–H groups in total.